The summed E-state index contributed by atoms with van der Waals surface area (Å²) < 4.78 is 5.51. The molecule has 0 aromatic heterocycles. The molecule has 3 heteroatoms. The van der Waals surface area contributed by atoms with E-state index in [1.807, 2.05) is 6.08 Å². The van der Waals surface area contributed by atoms with Gasteiger partial charge >= 0.3 is 0 Å². The van der Waals surface area contributed by atoms with E-state index in [1.54, 1.807) is 0 Å². The van der Waals surface area contributed by atoms with E-state index in [2.05, 4.69) is 126 Å². The van der Waals surface area contributed by atoms with Gasteiger partial charge in [-0.05, 0) is 105 Å². The highest BCUT2D eigenvalue weighted by Crippen LogP contribution is 2.46. The Kier molecular flexibility index (Phi) is 14.9. The van der Waals surface area contributed by atoms with Crippen molar-refractivity contribution >= 4 is 11.5 Å². The molecule has 268 valence electrons. The van der Waals surface area contributed by atoms with E-state index in [1.165, 1.54) is 47.1 Å². The van der Waals surface area contributed by atoms with Crippen LogP contribution in [0.1, 0.15) is 115 Å². The minimum Gasteiger partial charge on any atom is -0.379 e. The number of ketones is 1. The van der Waals surface area contributed by atoms with Gasteiger partial charge in [-0.15, -0.1) is 0 Å². The summed E-state index contributed by atoms with van der Waals surface area (Å²) in [5.41, 5.74) is 10.6. The van der Waals surface area contributed by atoms with Gasteiger partial charge in [-0.2, -0.15) is 0 Å². The summed E-state index contributed by atoms with van der Waals surface area (Å²) in [5.74, 6) is 1.41. The normalized spacial score (nSPS) is 16.0. The monoisotopic (exact) mass is 673 g/mol. The molecule has 2 aromatic carbocycles. The maximum Gasteiger partial charge on any atom is 0.163 e. The lowest BCUT2D eigenvalue weighted by Gasteiger charge is -2.40. The number of Topliss-reactive ketones (excluding diaryl/α,β-unsaturated/α-hetero) is 1. The molecule has 0 N–H and O–H groups in total. The molecule has 0 radical (unpaired) electrons. The molecule has 1 atom stereocenters. The van der Waals surface area contributed by atoms with Crippen LogP contribution in [-0.4, -0.2) is 37.0 Å². The Labute approximate surface area is 304 Å². The Bertz CT molecular complexity index is 1560. The van der Waals surface area contributed by atoms with E-state index in [0.717, 1.165) is 74.0 Å². The standard InChI is InChI=1S/C47H63NO2/c1-9-15-38(18-13-12-17-35(4)5)39-20-22-40(23-21-39)41-24-25-42(30-36(6)7)43(32-41)45(16-10-2)48(28-11-3)29-26-37(8)31-46(49)44-19-14-27-47(44)33-50-34-47/h10,12,16-17,19-25,32,35,38H,2,6,8-9,11,13-15,18,26-31,33-34H2,1,3-5,7H3/b17-12+,45-16+. The van der Waals surface area contributed by atoms with Crippen LogP contribution >= 0.6 is 0 Å². The summed E-state index contributed by atoms with van der Waals surface area (Å²) in [6.45, 7) is 26.9. The van der Waals surface area contributed by atoms with Crippen molar-refractivity contribution < 1.29 is 9.53 Å². The smallest absolute Gasteiger partial charge is 0.163 e. The van der Waals surface area contributed by atoms with Crippen molar-refractivity contribution in [3.8, 4) is 11.1 Å². The lowest BCUT2D eigenvalue weighted by molar-refractivity contribution is -0.124. The average molecular weight is 674 g/mol. The number of carbonyl (C=O) groups is 1. The van der Waals surface area contributed by atoms with Gasteiger partial charge in [-0.1, -0.05) is 126 Å². The molecular formula is C47H63NO2. The molecule has 0 amide bonds. The number of allylic oxidation sites excluding steroid dienone is 6. The number of hydrogen-bond acceptors (Lipinski definition) is 3. The van der Waals surface area contributed by atoms with Crippen molar-refractivity contribution in [3.05, 3.63) is 126 Å². The molecule has 0 bridgehead atoms. The molecule has 4 rings (SSSR count). The second-order valence-electron chi connectivity index (χ2n) is 15.2. The van der Waals surface area contributed by atoms with Crippen LogP contribution in [0.25, 0.3) is 16.8 Å². The molecule has 2 aliphatic rings. The third-order valence-electron chi connectivity index (χ3n) is 10.3. The summed E-state index contributed by atoms with van der Waals surface area (Å²) >= 11 is 0. The fourth-order valence-corrected chi connectivity index (χ4v) is 7.62. The zero-order valence-corrected chi connectivity index (χ0v) is 31.9. The van der Waals surface area contributed by atoms with Gasteiger partial charge < -0.3 is 9.64 Å². The molecule has 0 saturated carbocycles. The Hall–Kier alpha value is -3.69. The highest BCUT2D eigenvalue weighted by Gasteiger charge is 2.46. The first kappa shape index (κ1) is 39.1. The van der Waals surface area contributed by atoms with E-state index in [9.17, 15) is 4.79 Å². The van der Waals surface area contributed by atoms with Gasteiger partial charge in [0, 0.05) is 41.8 Å². The summed E-state index contributed by atoms with van der Waals surface area (Å²) in [5, 5.41) is 0. The Morgan fingerprint density at radius 2 is 1.74 bits per heavy atom. The molecule has 1 saturated heterocycles. The van der Waals surface area contributed by atoms with Crippen molar-refractivity contribution in [1.82, 2.24) is 4.90 Å². The van der Waals surface area contributed by atoms with Gasteiger partial charge in [-0.3, -0.25) is 4.79 Å². The summed E-state index contributed by atoms with van der Waals surface area (Å²) in [4.78, 5) is 15.8. The lowest BCUT2D eigenvalue weighted by Crippen LogP contribution is -2.44. The summed E-state index contributed by atoms with van der Waals surface area (Å²) in [6.07, 6.45) is 20.6. The quantitative estimate of drug-likeness (QED) is 0.0975. The van der Waals surface area contributed by atoms with Crippen molar-refractivity contribution in [3.63, 3.8) is 0 Å². The minimum atomic E-state index is -0.0293. The van der Waals surface area contributed by atoms with Gasteiger partial charge in [0.2, 0.25) is 0 Å². The van der Waals surface area contributed by atoms with Crippen molar-refractivity contribution in [1.29, 1.82) is 0 Å². The summed E-state index contributed by atoms with van der Waals surface area (Å²) in [6, 6.07) is 16.2. The van der Waals surface area contributed by atoms with Gasteiger partial charge in [0.15, 0.2) is 5.78 Å². The SMILES string of the molecule is C=C/C=C(\c1cc(-c2ccc(C(CCC)CC/C=C/C(C)C)cc2)ccc1CC(=C)C)N(CCC)CCC(=C)CC(=O)C1=CCCC12COC2. The lowest BCUT2D eigenvalue weighted by atomic mass is 9.76. The van der Waals surface area contributed by atoms with Crippen molar-refractivity contribution in [2.75, 3.05) is 26.3 Å². The highest BCUT2D eigenvalue weighted by atomic mass is 16.5. The van der Waals surface area contributed by atoms with Gasteiger partial charge in [-0.25, -0.2) is 0 Å². The third kappa shape index (κ3) is 10.4. The first-order valence-electron chi connectivity index (χ1n) is 19.2. The van der Waals surface area contributed by atoms with Crippen LogP contribution in [0.3, 0.4) is 0 Å². The maximum absolute atomic E-state index is 13.4. The highest BCUT2D eigenvalue weighted by molar-refractivity contribution is 5.98. The van der Waals surface area contributed by atoms with Crippen LogP contribution < -0.4 is 0 Å². The molecule has 2 aromatic rings. The molecule has 1 spiro atoms. The topological polar surface area (TPSA) is 29.5 Å². The second-order valence-corrected chi connectivity index (χ2v) is 15.2. The molecular weight excluding hydrogens is 611 g/mol. The van der Waals surface area contributed by atoms with Crippen molar-refractivity contribution in [2.24, 2.45) is 11.3 Å². The third-order valence-corrected chi connectivity index (χ3v) is 10.3. The molecule has 3 nitrogen and oxygen atoms in total. The van der Waals surface area contributed by atoms with Crippen LogP contribution in [0.5, 0.6) is 0 Å². The molecule has 1 aliphatic heterocycles. The van der Waals surface area contributed by atoms with Gasteiger partial charge in [0.05, 0.1) is 13.2 Å². The first-order valence-corrected chi connectivity index (χ1v) is 19.2. The number of benzene rings is 2. The van der Waals surface area contributed by atoms with E-state index in [-0.39, 0.29) is 11.2 Å². The van der Waals surface area contributed by atoms with Crippen LogP contribution in [0.15, 0.2) is 109 Å². The molecule has 1 heterocycles. The van der Waals surface area contributed by atoms with Gasteiger partial charge in [0.25, 0.3) is 0 Å². The van der Waals surface area contributed by atoms with Crippen LogP contribution in [0.4, 0.5) is 0 Å². The van der Waals surface area contributed by atoms with E-state index < -0.39 is 0 Å². The second kappa shape index (κ2) is 19.1. The molecule has 1 fully saturated rings. The Morgan fingerprint density at radius 3 is 2.36 bits per heavy atom. The maximum atomic E-state index is 13.4. The van der Waals surface area contributed by atoms with Crippen LogP contribution in [0, 0.1) is 11.3 Å². The fraction of sp³-hybridized carbons (Fsp3) is 0.468. The number of hydrogen-bond donors (Lipinski definition) is 0. The largest absolute Gasteiger partial charge is 0.379 e. The predicted octanol–water partition coefficient (Wildman–Crippen LogP) is 12.2. The molecule has 1 aliphatic carbocycles. The molecule has 50 heavy (non-hydrogen) atoms. The predicted molar refractivity (Wildman–Crippen MR) is 215 cm³/mol. The number of ether oxygens (including phenoxy) is 1. The van der Waals surface area contributed by atoms with E-state index in [4.69, 9.17) is 4.74 Å². The van der Waals surface area contributed by atoms with Crippen LogP contribution in [0.2, 0.25) is 0 Å². The van der Waals surface area contributed by atoms with Crippen molar-refractivity contribution in [2.45, 2.75) is 105 Å². The number of rotatable bonds is 21. The van der Waals surface area contributed by atoms with Gasteiger partial charge in [0.1, 0.15) is 0 Å². The number of carbonyl (C=O) groups excluding carboxylic acids is 1. The zero-order chi connectivity index (χ0) is 36.1. The Morgan fingerprint density at radius 1 is 1.00 bits per heavy atom. The fourth-order valence-electron chi connectivity index (χ4n) is 7.62. The minimum absolute atomic E-state index is 0.0293. The Balaban J connectivity index is 1.55. The summed E-state index contributed by atoms with van der Waals surface area (Å²) in [7, 11) is 0. The average Bonchev–Trinajstić information content (AvgIpc) is 3.54. The first-order chi connectivity index (χ1) is 24.1. The van der Waals surface area contributed by atoms with E-state index >= 15 is 0 Å². The molecule has 1 unspecified atom stereocenters. The number of nitrogens with zero attached hydrogens (tertiary/aromatic N) is 1. The van der Waals surface area contributed by atoms with E-state index in [0.29, 0.717) is 31.5 Å². The van der Waals surface area contributed by atoms with Crippen LogP contribution in [-0.2, 0) is 16.0 Å². The zero-order valence-electron chi connectivity index (χ0n) is 31.9.